The van der Waals surface area contributed by atoms with Gasteiger partial charge in [-0.25, -0.2) is 0 Å². The van der Waals surface area contributed by atoms with Crippen LogP contribution >= 0.6 is 0 Å². The Morgan fingerprint density at radius 2 is 1.81 bits per heavy atom. The summed E-state index contributed by atoms with van der Waals surface area (Å²) >= 11 is 0. The number of hydrogen-bond acceptors (Lipinski definition) is 5. The number of fused-ring (bicyclic) bond motifs is 1. The molecular weight excluding hydrogens is 344 g/mol. The van der Waals surface area contributed by atoms with Gasteiger partial charge in [-0.05, 0) is 61.2 Å². The lowest BCUT2D eigenvalue weighted by atomic mass is 10.0. The Kier molecular flexibility index (Phi) is 4.68. The fraction of sp³-hybridized carbons (Fsp3) is 0.300. The van der Waals surface area contributed by atoms with Gasteiger partial charge in [0.2, 0.25) is 5.91 Å². The van der Waals surface area contributed by atoms with Crippen molar-refractivity contribution in [3.8, 4) is 0 Å². The number of benzene rings is 2. The molecule has 2 aromatic rings. The zero-order chi connectivity index (χ0) is 18.8. The van der Waals surface area contributed by atoms with Gasteiger partial charge in [-0.3, -0.25) is 20.3 Å². The van der Waals surface area contributed by atoms with Gasteiger partial charge >= 0.3 is 0 Å². The molecule has 2 heterocycles. The second kappa shape index (κ2) is 7.28. The third kappa shape index (κ3) is 3.59. The van der Waals surface area contributed by atoms with Crippen LogP contribution in [-0.4, -0.2) is 30.1 Å². The van der Waals surface area contributed by atoms with E-state index in [1.807, 2.05) is 18.2 Å². The summed E-state index contributed by atoms with van der Waals surface area (Å²) in [4.78, 5) is 26.6. The number of hydrogen-bond donors (Lipinski definition) is 4. The molecule has 0 radical (unpaired) electrons. The van der Waals surface area contributed by atoms with Crippen LogP contribution < -0.4 is 21.0 Å². The maximum Gasteiger partial charge on any atom is 0.257 e. The van der Waals surface area contributed by atoms with Crippen molar-refractivity contribution in [3.05, 3.63) is 47.5 Å². The van der Waals surface area contributed by atoms with Gasteiger partial charge in [-0.2, -0.15) is 0 Å². The second-order valence-corrected chi connectivity index (χ2v) is 6.91. The zero-order valence-electron chi connectivity index (χ0n) is 14.9. The molecule has 0 bridgehead atoms. The average Bonchev–Trinajstić information content (AvgIpc) is 3.22. The highest BCUT2D eigenvalue weighted by Gasteiger charge is 2.21. The van der Waals surface area contributed by atoms with Gasteiger partial charge in [-0.15, -0.1) is 0 Å². The zero-order valence-corrected chi connectivity index (χ0v) is 14.9. The first-order valence-corrected chi connectivity index (χ1v) is 9.17. The van der Waals surface area contributed by atoms with E-state index in [9.17, 15) is 14.8 Å². The molecule has 7 heteroatoms. The number of rotatable bonds is 4. The van der Waals surface area contributed by atoms with Crippen molar-refractivity contribution in [3.63, 3.8) is 0 Å². The third-order valence-electron chi connectivity index (χ3n) is 5.08. The van der Waals surface area contributed by atoms with E-state index in [2.05, 4.69) is 21.0 Å². The summed E-state index contributed by atoms with van der Waals surface area (Å²) in [5.41, 5.74) is 6.46. The highest BCUT2D eigenvalue weighted by Crippen LogP contribution is 2.29. The van der Waals surface area contributed by atoms with E-state index in [0.29, 0.717) is 29.8 Å². The molecular formula is C20H22N4O3. The quantitative estimate of drug-likeness (QED) is 0.624. The molecule has 4 N–H and O–H groups in total. The molecule has 0 saturated carbocycles. The maximum absolute atomic E-state index is 13.0. The molecule has 2 aliphatic rings. The van der Waals surface area contributed by atoms with Crippen LogP contribution in [0.5, 0.6) is 0 Å². The van der Waals surface area contributed by atoms with Crippen molar-refractivity contribution in [2.45, 2.75) is 25.7 Å². The Morgan fingerprint density at radius 3 is 2.59 bits per heavy atom. The molecule has 1 fully saturated rings. The first-order chi connectivity index (χ1) is 13.1. The molecule has 0 spiro atoms. The SMILES string of the molecule is O=C1CCc2cc(NC(=O)c3cc(NO)ccc3N3CCCC3)ccc2N1. The maximum atomic E-state index is 13.0. The van der Waals surface area contributed by atoms with Crippen molar-refractivity contribution in [2.75, 3.05) is 34.1 Å². The molecule has 2 aromatic carbocycles. The fourth-order valence-electron chi connectivity index (χ4n) is 3.68. The van der Waals surface area contributed by atoms with Gasteiger partial charge in [0.05, 0.1) is 11.3 Å². The Hall–Kier alpha value is -3.06. The highest BCUT2D eigenvalue weighted by molar-refractivity contribution is 6.09. The van der Waals surface area contributed by atoms with E-state index < -0.39 is 0 Å². The summed E-state index contributed by atoms with van der Waals surface area (Å²) in [6, 6.07) is 10.8. The van der Waals surface area contributed by atoms with E-state index in [-0.39, 0.29) is 11.8 Å². The summed E-state index contributed by atoms with van der Waals surface area (Å²) in [6.45, 7) is 1.84. The van der Waals surface area contributed by atoms with Gasteiger partial charge in [0.1, 0.15) is 0 Å². The number of carbonyl (C=O) groups excluding carboxylic acids is 2. The van der Waals surface area contributed by atoms with Crippen molar-refractivity contribution in [1.29, 1.82) is 0 Å². The van der Waals surface area contributed by atoms with Gasteiger partial charge in [-0.1, -0.05) is 0 Å². The Balaban J connectivity index is 1.60. The largest absolute Gasteiger partial charge is 0.371 e. The van der Waals surface area contributed by atoms with Gasteiger partial charge < -0.3 is 15.5 Å². The number of nitrogens with zero attached hydrogens (tertiary/aromatic N) is 1. The summed E-state index contributed by atoms with van der Waals surface area (Å²) in [5.74, 6) is -0.211. The molecule has 0 atom stereocenters. The van der Waals surface area contributed by atoms with Crippen molar-refractivity contribution in [1.82, 2.24) is 0 Å². The third-order valence-corrected chi connectivity index (χ3v) is 5.08. The normalized spacial score (nSPS) is 15.9. The van der Waals surface area contributed by atoms with Crippen LogP contribution in [0.25, 0.3) is 0 Å². The second-order valence-electron chi connectivity index (χ2n) is 6.91. The van der Waals surface area contributed by atoms with Crippen LogP contribution in [0.3, 0.4) is 0 Å². The van der Waals surface area contributed by atoms with E-state index in [1.54, 1.807) is 18.2 Å². The minimum atomic E-state index is -0.228. The fourth-order valence-corrected chi connectivity index (χ4v) is 3.68. The minimum absolute atomic E-state index is 0.0165. The topological polar surface area (TPSA) is 93.7 Å². The first-order valence-electron chi connectivity index (χ1n) is 9.17. The van der Waals surface area contributed by atoms with E-state index in [0.717, 1.165) is 42.9 Å². The number of nitrogens with one attached hydrogen (secondary N) is 3. The molecule has 1 saturated heterocycles. The molecule has 0 aromatic heterocycles. The monoisotopic (exact) mass is 366 g/mol. The molecule has 0 aliphatic carbocycles. The molecule has 2 aliphatic heterocycles. The molecule has 4 rings (SSSR count). The van der Waals surface area contributed by atoms with Crippen molar-refractivity contribution in [2.24, 2.45) is 0 Å². The molecule has 2 amide bonds. The Labute approximate surface area is 157 Å². The molecule has 7 nitrogen and oxygen atoms in total. The minimum Gasteiger partial charge on any atom is -0.371 e. The number of amides is 2. The smallest absolute Gasteiger partial charge is 0.257 e. The van der Waals surface area contributed by atoms with E-state index in [1.165, 1.54) is 0 Å². The highest BCUT2D eigenvalue weighted by atomic mass is 16.5. The predicted octanol–water partition coefficient (Wildman–Crippen LogP) is 3.22. The van der Waals surface area contributed by atoms with Crippen LogP contribution in [-0.2, 0) is 11.2 Å². The van der Waals surface area contributed by atoms with Crippen LogP contribution in [0.4, 0.5) is 22.7 Å². The summed E-state index contributed by atoms with van der Waals surface area (Å²) in [6.07, 6.45) is 3.33. The summed E-state index contributed by atoms with van der Waals surface area (Å²) in [7, 11) is 0. The predicted molar refractivity (Wildman–Crippen MR) is 105 cm³/mol. The molecule has 0 unspecified atom stereocenters. The van der Waals surface area contributed by atoms with E-state index >= 15 is 0 Å². The Morgan fingerprint density at radius 1 is 1.04 bits per heavy atom. The van der Waals surface area contributed by atoms with Gasteiger partial charge in [0.25, 0.3) is 5.91 Å². The standard InChI is InChI=1S/C20H22N4O3/c25-19-8-3-13-11-14(4-6-17(13)22-19)21-20(26)16-12-15(23-27)5-7-18(16)24-9-1-2-10-24/h4-7,11-12,23,27H,1-3,8-10H2,(H,21,26)(H,22,25). The summed E-state index contributed by atoms with van der Waals surface area (Å²) < 4.78 is 0. The first kappa shape index (κ1) is 17.4. The van der Waals surface area contributed by atoms with E-state index in [4.69, 9.17) is 0 Å². The number of anilines is 4. The average molecular weight is 366 g/mol. The van der Waals surface area contributed by atoms with Crippen LogP contribution in [0.15, 0.2) is 36.4 Å². The van der Waals surface area contributed by atoms with Crippen molar-refractivity contribution >= 4 is 34.6 Å². The summed E-state index contributed by atoms with van der Waals surface area (Å²) in [5, 5.41) is 15.0. The van der Waals surface area contributed by atoms with Crippen LogP contribution in [0, 0.1) is 0 Å². The Bertz CT molecular complexity index is 891. The van der Waals surface area contributed by atoms with Gasteiger partial charge in [0, 0.05) is 36.6 Å². The van der Waals surface area contributed by atoms with Crippen LogP contribution in [0.2, 0.25) is 0 Å². The number of aryl methyl sites for hydroxylation is 1. The van der Waals surface area contributed by atoms with Crippen molar-refractivity contribution < 1.29 is 14.8 Å². The number of carbonyl (C=O) groups is 2. The molecule has 140 valence electrons. The molecule has 27 heavy (non-hydrogen) atoms. The lowest BCUT2D eigenvalue weighted by Gasteiger charge is -2.22. The van der Waals surface area contributed by atoms with Gasteiger partial charge in [0.15, 0.2) is 0 Å². The lowest BCUT2D eigenvalue weighted by molar-refractivity contribution is -0.116. The van der Waals surface area contributed by atoms with Crippen LogP contribution in [0.1, 0.15) is 35.2 Å². The lowest BCUT2D eigenvalue weighted by Crippen LogP contribution is -2.23.